The van der Waals surface area contributed by atoms with Crippen molar-refractivity contribution in [1.29, 1.82) is 0 Å². The van der Waals surface area contributed by atoms with Gasteiger partial charge in [0.15, 0.2) is 5.78 Å². The lowest BCUT2D eigenvalue weighted by molar-refractivity contribution is 0.0967. The van der Waals surface area contributed by atoms with E-state index in [0.29, 0.717) is 17.5 Å². The summed E-state index contributed by atoms with van der Waals surface area (Å²) in [6.07, 6.45) is 0.310. The Morgan fingerprint density at radius 3 is 2.56 bits per heavy atom. The average Bonchev–Trinajstić information content (AvgIpc) is 2.16. The second-order valence-electron chi connectivity index (χ2n) is 4.49. The van der Waals surface area contributed by atoms with Gasteiger partial charge >= 0.3 is 0 Å². The molecular weight excluding hydrogens is 205 g/mol. The first-order valence-electron chi connectivity index (χ1n) is 5.46. The molecule has 1 rings (SSSR count). The Kier molecular flexibility index (Phi) is 4.19. The highest BCUT2D eigenvalue weighted by molar-refractivity contribution is 5.97. The minimum atomic E-state index is -0.317. The van der Waals surface area contributed by atoms with Crippen LogP contribution in [0.3, 0.4) is 0 Å². The number of benzene rings is 1. The fourth-order valence-corrected chi connectivity index (χ4v) is 1.50. The van der Waals surface area contributed by atoms with Crippen LogP contribution in [0.1, 0.15) is 36.2 Å². The highest BCUT2D eigenvalue weighted by Crippen LogP contribution is 2.14. The molecule has 0 amide bonds. The normalized spacial score (nSPS) is 12.9. The monoisotopic (exact) mass is 223 g/mol. The molecule has 2 N–H and O–H groups in total. The van der Waals surface area contributed by atoms with Crippen molar-refractivity contribution in [2.24, 2.45) is 11.7 Å². The third-order valence-electron chi connectivity index (χ3n) is 2.77. The molecule has 0 fully saturated rings. The van der Waals surface area contributed by atoms with Gasteiger partial charge < -0.3 is 5.73 Å². The van der Waals surface area contributed by atoms with Gasteiger partial charge in [-0.3, -0.25) is 4.79 Å². The highest BCUT2D eigenvalue weighted by atomic mass is 19.1. The first-order chi connectivity index (χ1) is 7.41. The number of carbonyl (C=O) groups is 1. The summed E-state index contributed by atoms with van der Waals surface area (Å²) in [6, 6.07) is 4.06. The van der Waals surface area contributed by atoms with Gasteiger partial charge in [0.05, 0.1) is 0 Å². The summed E-state index contributed by atoms with van der Waals surface area (Å²) in [5.41, 5.74) is 7.07. The molecule has 0 radical (unpaired) electrons. The van der Waals surface area contributed by atoms with E-state index < -0.39 is 0 Å². The fraction of sp³-hybridized carbons (Fsp3) is 0.462. The number of hydrogen-bond donors (Lipinski definition) is 1. The van der Waals surface area contributed by atoms with Gasteiger partial charge in [-0.05, 0) is 36.6 Å². The summed E-state index contributed by atoms with van der Waals surface area (Å²) < 4.78 is 12.9. The number of aryl methyl sites for hydroxylation is 1. The van der Waals surface area contributed by atoms with Crippen molar-refractivity contribution in [2.75, 3.05) is 0 Å². The van der Waals surface area contributed by atoms with Crippen LogP contribution in [0.15, 0.2) is 18.2 Å². The van der Waals surface area contributed by atoms with E-state index in [-0.39, 0.29) is 23.6 Å². The smallest absolute Gasteiger partial charge is 0.164 e. The zero-order valence-electron chi connectivity index (χ0n) is 9.96. The van der Waals surface area contributed by atoms with E-state index in [1.165, 1.54) is 18.2 Å². The van der Waals surface area contributed by atoms with E-state index in [1.807, 2.05) is 13.8 Å². The molecule has 0 saturated heterocycles. The Labute approximate surface area is 95.7 Å². The number of hydrogen-bond acceptors (Lipinski definition) is 2. The number of rotatable bonds is 4. The van der Waals surface area contributed by atoms with Crippen LogP contribution in [-0.4, -0.2) is 11.8 Å². The highest BCUT2D eigenvalue weighted by Gasteiger charge is 2.16. The van der Waals surface area contributed by atoms with Crippen LogP contribution in [0.5, 0.6) is 0 Å². The maximum absolute atomic E-state index is 12.9. The van der Waals surface area contributed by atoms with Crippen LogP contribution >= 0.6 is 0 Å². The Hall–Kier alpha value is -1.22. The summed E-state index contributed by atoms with van der Waals surface area (Å²) in [5, 5.41) is 0. The van der Waals surface area contributed by atoms with Crippen LogP contribution < -0.4 is 5.73 Å². The SMILES string of the molecule is Cc1cc(F)ccc1C(=O)CC(N)C(C)C. The van der Waals surface area contributed by atoms with E-state index in [4.69, 9.17) is 5.73 Å². The molecule has 2 nitrogen and oxygen atoms in total. The van der Waals surface area contributed by atoms with Crippen molar-refractivity contribution >= 4 is 5.78 Å². The first kappa shape index (κ1) is 12.8. The molecule has 0 saturated carbocycles. The van der Waals surface area contributed by atoms with E-state index in [9.17, 15) is 9.18 Å². The molecule has 1 unspecified atom stereocenters. The van der Waals surface area contributed by atoms with Gasteiger partial charge in [0, 0.05) is 18.0 Å². The Morgan fingerprint density at radius 1 is 1.44 bits per heavy atom. The molecule has 0 aliphatic rings. The molecule has 0 spiro atoms. The minimum absolute atomic E-state index is 0.0151. The molecule has 1 aromatic rings. The predicted molar refractivity (Wildman–Crippen MR) is 62.9 cm³/mol. The molecule has 88 valence electrons. The topological polar surface area (TPSA) is 43.1 Å². The lowest BCUT2D eigenvalue weighted by atomic mass is 9.94. The zero-order chi connectivity index (χ0) is 12.3. The standard InChI is InChI=1S/C13H18FNO/c1-8(2)12(15)7-13(16)11-5-4-10(14)6-9(11)3/h4-6,8,12H,7,15H2,1-3H3. The van der Waals surface area contributed by atoms with Crippen molar-refractivity contribution in [3.8, 4) is 0 Å². The van der Waals surface area contributed by atoms with Crippen molar-refractivity contribution in [2.45, 2.75) is 33.2 Å². The van der Waals surface area contributed by atoms with Gasteiger partial charge in [-0.25, -0.2) is 4.39 Å². The second kappa shape index (κ2) is 5.21. The number of carbonyl (C=O) groups excluding carboxylic acids is 1. The van der Waals surface area contributed by atoms with Crippen molar-refractivity contribution in [1.82, 2.24) is 0 Å². The van der Waals surface area contributed by atoms with Crippen LogP contribution in [0.4, 0.5) is 4.39 Å². The first-order valence-corrected chi connectivity index (χ1v) is 5.46. The van der Waals surface area contributed by atoms with Crippen LogP contribution in [-0.2, 0) is 0 Å². The largest absolute Gasteiger partial charge is 0.327 e. The molecule has 3 heteroatoms. The molecule has 16 heavy (non-hydrogen) atoms. The molecule has 0 heterocycles. The summed E-state index contributed by atoms with van der Waals surface area (Å²) in [5.74, 6) is -0.0642. The molecule has 0 aliphatic heterocycles. The molecule has 0 aliphatic carbocycles. The van der Waals surface area contributed by atoms with Gasteiger partial charge in [-0.2, -0.15) is 0 Å². The van der Waals surface area contributed by atoms with Crippen molar-refractivity contribution < 1.29 is 9.18 Å². The molecular formula is C13H18FNO. The average molecular weight is 223 g/mol. The van der Waals surface area contributed by atoms with Crippen LogP contribution in [0.2, 0.25) is 0 Å². The van der Waals surface area contributed by atoms with Gasteiger partial charge in [-0.15, -0.1) is 0 Å². The third-order valence-corrected chi connectivity index (χ3v) is 2.77. The Bertz CT molecular complexity index is 388. The summed E-state index contributed by atoms with van der Waals surface area (Å²) in [4.78, 5) is 11.9. The van der Waals surface area contributed by atoms with Crippen molar-refractivity contribution in [3.05, 3.63) is 35.1 Å². The van der Waals surface area contributed by atoms with Gasteiger partial charge in [0.2, 0.25) is 0 Å². The number of halogens is 1. The maximum Gasteiger partial charge on any atom is 0.164 e. The number of ketones is 1. The Morgan fingerprint density at radius 2 is 2.06 bits per heavy atom. The lowest BCUT2D eigenvalue weighted by Gasteiger charge is -2.15. The van der Waals surface area contributed by atoms with Gasteiger partial charge in [-0.1, -0.05) is 13.8 Å². The predicted octanol–water partition coefficient (Wildman–Crippen LogP) is 2.69. The molecule has 0 aromatic heterocycles. The van der Waals surface area contributed by atoms with Gasteiger partial charge in [0.1, 0.15) is 5.82 Å². The zero-order valence-corrected chi connectivity index (χ0v) is 9.96. The van der Waals surface area contributed by atoms with Gasteiger partial charge in [0.25, 0.3) is 0 Å². The fourth-order valence-electron chi connectivity index (χ4n) is 1.50. The second-order valence-corrected chi connectivity index (χ2v) is 4.49. The molecule has 0 bridgehead atoms. The summed E-state index contributed by atoms with van der Waals surface area (Å²) in [6.45, 7) is 5.70. The Balaban J connectivity index is 2.81. The van der Waals surface area contributed by atoms with E-state index in [1.54, 1.807) is 6.92 Å². The van der Waals surface area contributed by atoms with E-state index in [2.05, 4.69) is 0 Å². The summed E-state index contributed by atoms with van der Waals surface area (Å²) in [7, 11) is 0. The summed E-state index contributed by atoms with van der Waals surface area (Å²) >= 11 is 0. The minimum Gasteiger partial charge on any atom is -0.327 e. The number of Topliss-reactive ketones (excluding diaryl/α,β-unsaturated/α-hetero) is 1. The van der Waals surface area contributed by atoms with Crippen molar-refractivity contribution in [3.63, 3.8) is 0 Å². The van der Waals surface area contributed by atoms with Crippen LogP contribution in [0.25, 0.3) is 0 Å². The maximum atomic E-state index is 12.9. The third kappa shape index (κ3) is 3.14. The quantitative estimate of drug-likeness (QED) is 0.797. The molecule has 1 atom stereocenters. The molecule has 1 aromatic carbocycles. The van der Waals surface area contributed by atoms with E-state index >= 15 is 0 Å². The van der Waals surface area contributed by atoms with E-state index in [0.717, 1.165) is 0 Å². The van der Waals surface area contributed by atoms with Crippen LogP contribution in [0, 0.1) is 18.7 Å². The lowest BCUT2D eigenvalue weighted by Crippen LogP contribution is -2.29. The number of nitrogens with two attached hydrogens (primary N) is 1.